The van der Waals surface area contributed by atoms with Crippen LogP contribution in [-0.4, -0.2) is 30.8 Å². The molecule has 0 spiro atoms. The van der Waals surface area contributed by atoms with Crippen LogP contribution in [0, 0.1) is 0 Å². The molecule has 1 aromatic rings. The molecule has 1 amide bonds. The van der Waals surface area contributed by atoms with Crippen LogP contribution in [0.5, 0.6) is 5.75 Å². The summed E-state index contributed by atoms with van der Waals surface area (Å²) in [4.78, 5) is 11.6. The molecule has 0 saturated carbocycles. The maximum atomic E-state index is 11.6. The third-order valence-electron chi connectivity index (χ3n) is 2.88. The summed E-state index contributed by atoms with van der Waals surface area (Å²) in [5, 5.41) is 11.8. The first-order chi connectivity index (χ1) is 8.69. The zero-order valence-electron chi connectivity index (χ0n) is 11.0. The predicted octanol–water partition coefficient (Wildman–Crippen LogP) is 1.51. The summed E-state index contributed by atoms with van der Waals surface area (Å²) in [6.45, 7) is 1.93. The lowest BCUT2D eigenvalue weighted by molar-refractivity contribution is -0.122. The average molecular weight is 251 g/mol. The van der Waals surface area contributed by atoms with Crippen LogP contribution in [0.15, 0.2) is 24.3 Å². The normalized spacial score (nSPS) is 11.9. The Balaban J connectivity index is 2.37. The second-order valence-corrected chi connectivity index (χ2v) is 4.20. The maximum Gasteiger partial charge on any atom is 0.220 e. The number of benzene rings is 1. The summed E-state index contributed by atoms with van der Waals surface area (Å²) in [6.07, 6.45) is 1.87. The van der Waals surface area contributed by atoms with Gasteiger partial charge in [0.2, 0.25) is 5.91 Å². The molecule has 0 radical (unpaired) electrons. The highest BCUT2D eigenvalue weighted by Crippen LogP contribution is 2.12. The van der Waals surface area contributed by atoms with E-state index in [9.17, 15) is 4.79 Å². The van der Waals surface area contributed by atoms with Crippen LogP contribution in [0.3, 0.4) is 0 Å². The number of amides is 1. The van der Waals surface area contributed by atoms with Gasteiger partial charge in [0.25, 0.3) is 0 Å². The van der Waals surface area contributed by atoms with E-state index in [2.05, 4.69) is 5.32 Å². The van der Waals surface area contributed by atoms with Gasteiger partial charge in [-0.15, -0.1) is 0 Å². The van der Waals surface area contributed by atoms with Gasteiger partial charge in [-0.1, -0.05) is 19.1 Å². The molecule has 1 aromatic carbocycles. The molecule has 1 rings (SSSR count). The summed E-state index contributed by atoms with van der Waals surface area (Å²) in [5.74, 6) is 0.793. The number of aryl methyl sites for hydroxylation is 1. The second kappa shape index (κ2) is 7.71. The molecule has 1 atom stereocenters. The van der Waals surface area contributed by atoms with Crippen molar-refractivity contribution in [1.82, 2.24) is 5.32 Å². The lowest BCUT2D eigenvalue weighted by Gasteiger charge is -2.13. The highest BCUT2D eigenvalue weighted by atomic mass is 16.5. The fourth-order valence-corrected chi connectivity index (χ4v) is 1.63. The Hall–Kier alpha value is -1.55. The van der Waals surface area contributed by atoms with Crippen LogP contribution in [0.25, 0.3) is 0 Å². The van der Waals surface area contributed by atoms with Gasteiger partial charge in [-0.3, -0.25) is 4.79 Å². The van der Waals surface area contributed by atoms with Gasteiger partial charge in [0.05, 0.1) is 19.8 Å². The first-order valence-electron chi connectivity index (χ1n) is 6.22. The van der Waals surface area contributed by atoms with E-state index in [1.54, 1.807) is 7.11 Å². The SMILES string of the molecule is CCC(CO)NC(=O)CCc1ccc(OC)cc1. The number of ether oxygens (including phenoxy) is 1. The molecule has 1 unspecified atom stereocenters. The van der Waals surface area contributed by atoms with Crippen molar-refractivity contribution in [2.75, 3.05) is 13.7 Å². The summed E-state index contributed by atoms with van der Waals surface area (Å²) < 4.78 is 5.07. The third-order valence-corrected chi connectivity index (χ3v) is 2.88. The Labute approximate surface area is 108 Å². The van der Waals surface area contributed by atoms with Crippen LogP contribution in [-0.2, 0) is 11.2 Å². The molecule has 0 aromatic heterocycles. The summed E-state index contributed by atoms with van der Waals surface area (Å²) in [5.41, 5.74) is 1.10. The van der Waals surface area contributed by atoms with Crippen LogP contribution in [0.2, 0.25) is 0 Å². The number of carbonyl (C=O) groups is 1. The number of hydrogen-bond acceptors (Lipinski definition) is 3. The number of aliphatic hydroxyl groups excluding tert-OH is 1. The number of hydrogen-bond donors (Lipinski definition) is 2. The highest BCUT2D eigenvalue weighted by molar-refractivity contribution is 5.76. The Bertz CT molecular complexity index is 358. The molecule has 2 N–H and O–H groups in total. The van der Waals surface area contributed by atoms with E-state index < -0.39 is 0 Å². The molecule has 0 aliphatic carbocycles. The number of rotatable bonds is 7. The van der Waals surface area contributed by atoms with Gasteiger partial charge in [0.1, 0.15) is 5.75 Å². The smallest absolute Gasteiger partial charge is 0.220 e. The van der Waals surface area contributed by atoms with Crippen molar-refractivity contribution in [2.45, 2.75) is 32.2 Å². The average Bonchev–Trinajstić information content (AvgIpc) is 2.43. The van der Waals surface area contributed by atoms with Crippen molar-refractivity contribution < 1.29 is 14.6 Å². The molecule has 18 heavy (non-hydrogen) atoms. The molecule has 0 saturated heterocycles. The minimum absolute atomic E-state index is 0.00915. The van der Waals surface area contributed by atoms with E-state index in [0.717, 1.165) is 17.7 Å². The first-order valence-corrected chi connectivity index (χ1v) is 6.22. The number of nitrogens with one attached hydrogen (secondary N) is 1. The van der Waals surface area contributed by atoms with Crippen LogP contribution >= 0.6 is 0 Å². The third kappa shape index (κ3) is 4.75. The molecule has 0 heterocycles. The molecule has 4 nitrogen and oxygen atoms in total. The number of carbonyl (C=O) groups excluding carboxylic acids is 1. The molecule has 4 heteroatoms. The molecular formula is C14H21NO3. The molecule has 0 aliphatic rings. The van der Waals surface area contributed by atoms with Crippen molar-refractivity contribution >= 4 is 5.91 Å². The van der Waals surface area contributed by atoms with Crippen LogP contribution in [0.1, 0.15) is 25.3 Å². The second-order valence-electron chi connectivity index (χ2n) is 4.20. The quantitative estimate of drug-likeness (QED) is 0.772. The van der Waals surface area contributed by atoms with E-state index in [0.29, 0.717) is 12.8 Å². The monoisotopic (exact) mass is 251 g/mol. The van der Waals surface area contributed by atoms with Gasteiger partial charge in [-0.05, 0) is 30.5 Å². The van der Waals surface area contributed by atoms with Gasteiger partial charge in [0, 0.05) is 6.42 Å². The predicted molar refractivity (Wildman–Crippen MR) is 70.6 cm³/mol. The lowest BCUT2D eigenvalue weighted by Crippen LogP contribution is -2.36. The zero-order chi connectivity index (χ0) is 13.4. The van der Waals surface area contributed by atoms with Gasteiger partial charge in [-0.2, -0.15) is 0 Å². The largest absolute Gasteiger partial charge is 0.497 e. The topological polar surface area (TPSA) is 58.6 Å². The van der Waals surface area contributed by atoms with Crippen LogP contribution in [0.4, 0.5) is 0 Å². The van der Waals surface area contributed by atoms with E-state index in [-0.39, 0.29) is 18.6 Å². The summed E-state index contributed by atoms with van der Waals surface area (Å²) in [6, 6.07) is 7.55. The van der Waals surface area contributed by atoms with Gasteiger partial charge in [-0.25, -0.2) is 0 Å². The van der Waals surface area contributed by atoms with Crippen molar-refractivity contribution in [1.29, 1.82) is 0 Å². The molecule has 0 aliphatic heterocycles. The Morgan fingerprint density at radius 2 is 2.06 bits per heavy atom. The van der Waals surface area contributed by atoms with Crippen molar-refractivity contribution in [2.24, 2.45) is 0 Å². The fourth-order valence-electron chi connectivity index (χ4n) is 1.63. The maximum absolute atomic E-state index is 11.6. The summed E-state index contributed by atoms with van der Waals surface area (Å²) >= 11 is 0. The van der Waals surface area contributed by atoms with E-state index in [1.807, 2.05) is 31.2 Å². The van der Waals surface area contributed by atoms with E-state index in [1.165, 1.54) is 0 Å². The van der Waals surface area contributed by atoms with Crippen molar-refractivity contribution in [3.63, 3.8) is 0 Å². The number of aliphatic hydroxyl groups is 1. The minimum Gasteiger partial charge on any atom is -0.497 e. The molecule has 0 bridgehead atoms. The van der Waals surface area contributed by atoms with Gasteiger partial charge >= 0.3 is 0 Å². The standard InChI is InChI=1S/C14H21NO3/c1-3-12(10-16)15-14(17)9-6-11-4-7-13(18-2)8-5-11/h4-5,7-8,12,16H,3,6,9-10H2,1-2H3,(H,15,17). The number of methoxy groups -OCH3 is 1. The summed E-state index contributed by atoms with van der Waals surface area (Å²) in [7, 11) is 1.63. The van der Waals surface area contributed by atoms with Crippen molar-refractivity contribution in [3.05, 3.63) is 29.8 Å². The molecular weight excluding hydrogens is 230 g/mol. The Morgan fingerprint density at radius 1 is 1.39 bits per heavy atom. The minimum atomic E-state index is -0.131. The zero-order valence-corrected chi connectivity index (χ0v) is 11.0. The molecule has 100 valence electrons. The first kappa shape index (κ1) is 14.5. The van der Waals surface area contributed by atoms with Crippen LogP contribution < -0.4 is 10.1 Å². The Kier molecular flexibility index (Phi) is 6.22. The van der Waals surface area contributed by atoms with Crippen molar-refractivity contribution in [3.8, 4) is 5.75 Å². The van der Waals surface area contributed by atoms with Gasteiger partial charge < -0.3 is 15.2 Å². The van der Waals surface area contributed by atoms with Gasteiger partial charge in [0.15, 0.2) is 0 Å². The highest BCUT2D eigenvalue weighted by Gasteiger charge is 2.08. The fraction of sp³-hybridized carbons (Fsp3) is 0.500. The molecule has 0 fully saturated rings. The lowest BCUT2D eigenvalue weighted by atomic mass is 10.1. The Morgan fingerprint density at radius 3 is 2.56 bits per heavy atom. The van der Waals surface area contributed by atoms with E-state index >= 15 is 0 Å². The van der Waals surface area contributed by atoms with E-state index in [4.69, 9.17) is 9.84 Å².